The second-order valence-electron chi connectivity index (χ2n) is 4.77. The molecule has 96 valence electrons. The molecule has 1 aromatic heterocycles. The molecule has 2 heterocycles. The van der Waals surface area contributed by atoms with Crippen molar-refractivity contribution in [1.29, 1.82) is 0 Å². The molecule has 1 aliphatic heterocycles. The zero-order valence-corrected chi connectivity index (χ0v) is 10.6. The van der Waals surface area contributed by atoms with Gasteiger partial charge in [0.15, 0.2) is 11.5 Å². The summed E-state index contributed by atoms with van der Waals surface area (Å²) in [5.41, 5.74) is 2.84. The topological polar surface area (TPSA) is 33.2 Å². The van der Waals surface area contributed by atoms with Crippen molar-refractivity contribution in [3.63, 3.8) is 0 Å². The Bertz CT molecular complexity index is 629. The van der Waals surface area contributed by atoms with Crippen LogP contribution in [0.5, 0.6) is 0 Å². The molecule has 0 saturated carbocycles. The standard InChI is InChI=1S/C15H13FN2O/c1-10-6-13(16)14(17-7-10)15(19)18-8-11-4-2-3-5-12(11)9-18/h2-7H,8-9H2,1H3. The van der Waals surface area contributed by atoms with E-state index in [1.165, 1.54) is 12.3 Å². The van der Waals surface area contributed by atoms with Crippen LogP contribution in [0, 0.1) is 12.7 Å². The number of aryl methyl sites for hydroxylation is 1. The average Bonchev–Trinajstić information content (AvgIpc) is 2.81. The summed E-state index contributed by atoms with van der Waals surface area (Å²) >= 11 is 0. The fraction of sp³-hybridized carbons (Fsp3) is 0.200. The highest BCUT2D eigenvalue weighted by atomic mass is 19.1. The number of benzene rings is 1. The van der Waals surface area contributed by atoms with E-state index in [1.807, 2.05) is 24.3 Å². The van der Waals surface area contributed by atoms with E-state index in [2.05, 4.69) is 4.98 Å². The van der Waals surface area contributed by atoms with Gasteiger partial charge in [0.25, 0.3) is 5.91 Å². The molecular formula is C15H13FN2O. The van der Waals surface area contributed by atoms with E-state index in [0.717, 1.165) is 11.1 Å². The fourth-order valence-electron chi connectivity index (χ4n) is 2.32. The Labute approximate surface area is 110 Å². The minimum absolute atomic E-state index is 0.0987. The summed E-state index contributed by atoms with van der Waals surface area (Å²) in [7, 11) is 0. The van der Waals surface area contributed by atoms with E-state index >= 15 is 0 Å². The number of halogens is 1. The molecule has 2 aromatic rings. The van der Waals surface area contributed by atoms with Gasteiger partial charge in [0.05, 0.1) is 0 Å². The van der Waals surface area contributed by atoms with E-state index in [4.69, 9.17) is 0 Å². The van der Waals surface area contributed by atoms with Crippen molar-refractivity contribution in [1.82, 2.24) is 9.88 Å². The summed E-state index contributed by atoms with van der Waals surface area (Å²) in [6.45, 7) is 2.78. The molecule has 0 atom stereocenters. The van der Waals surface area contributed by atoms with Crippen LogP contribution in [0.25, 0.3) is 0 Å². The largest absolute Gasteiger partial charge is 0.329 e. The van der Waals surface area contributed by atoms with E-state index in [9.17, 15) is 9.18 Å². The van der Waals surface area contributed by atoms with Crippen molar-refractivity contribution in [2.45, 2.75) is 20.0 Å². The highest BCUT2D eigenvalue weighted by Crippen LogP contribution is 2.24. The van der Waals surface area contributed by atoms with Gasteiger partial charge < -0.3 is 4.90 Å². The van der Waals surface area contributed by atoms with Gasteiger partial charge >= 0.3 is 0 Å². The summed E-state index contributed by atoms with van der Waals surface area (Å²) < 4.78 is 13.8. The summed E-state index contributed by atoms with van der Waals surface area (Å²) in [4.78, 5) is 17.8. The van der Waals surface area contributed by atoms with Gasteiger partial charge in [-0.2, -0.15) is 0 Å². The van der Waals surface area contributed by atoms with E-state index in [1.54, 1.807) is 11.8 Å². The lowest BCUT2D eigenvalue weighted by Crippen LogP contribution is -2.27. The molecule has 1 aromatic carbocycles. The van der Waals surface area contributed by atoms with Crippen LogP contribution in [0.3, 0.4) is 0 Å². The Hall–Kier alpha value is -2.23. The summed E-state index contributed by atoms with van der Waals surface area (Å²) in [6, 6.07) is 9.20. The number of hydrogen-bond donors (Lipinski definition) is 0. The molecule has 1 amide bonds. The number of carbonyl (C=O) groups excluding carboxylic acids is 1. The predicted octanol–water partition coefficient (Wildman–Crippen LogP) is 2.69. The molecule has 0 N–H and O–H groups in total. The normalized spacial score (nSPS) is 13.5. The minimum atomic E-state index is -0.555. The summed E-state index contributed by atoms with van der Waals surface area (Å²) in [6.07, 6.45) is 1.51. The fourth-order valence-corrected chi connectivity index (χ4v) is 2.32. The highest BCUT2D eigenvalue weighted by molar-refractivity contribution is 5.92. The molecule has 4 heteroatoms. The SMILES string of the molecule is Cc1cnc(C(=O)N2Cc3ccccc3C2)c(F)c1. The molecule has 0 fully saturated rings. The van der Waals surface area contributed by atoms with Crippen LogP contribution in [-0.2, 0) is 13.1 Å². The Morgan fingerprint density at radius 3 is 2.47 bits per heavy atom. The van der Waals surface area contributed by atoms with Gasteiger partial charge in [-0.3, -0.25) is 4.79 Å². The second-order valence-corrected chi connectivity index (χ2v) is 4.77. The molecule has 0 spiro atoms. The Kier molecular flexibility index (Phi) is 2.78. The molecular weight excluding hydrogens is 243 g/mol. The monoisotopic (exact) mass is 256 g/mol. The van der Waals surface area contributed by atoms with Gasteiger partial charge in [-0.1, -0.05) is 24.3 Å². The van der Waals surface area contributed by atoms with Crippen LogP contribution < -0.4 is 0 Å². The summed E-state index contributed by atoms with van der Waals surface area (Å²) in [5, 5.41) is 0. The maximum atomic E-state index is 13.8. The number of pyridine rings is 1. The van der Waals surface area contributed by atoms with Crippen molar-refractivity contribution in [3.8, 4) is 0 Å². The Morgan fingerprint density at radius 1 is 1.26 bits per heavy atom. The molecule has 0 aliphatic carbocycles. The number of amides is 1. The van der Waals surface area contributed by atoms with E-state index < -0.39 is 5.82 Å². The lowest BCUT2D eigenvalue weighted by atomic mass is 10.1. The Morgan fingerprint density at radius 2 is 1.89 bits per heavy atom. The van der Waals surface area contributed by atoms with Crippen molar-refractivity contribution >= 4 is 5.91 Å². The molecule has 0 radical (unpaired) electrons. The number of carbonyl (C=O) groups is 1. The predicted molar refractivity (Wildman–Crippen MR) is 69.0 cm³/mol. The molecule has 0 unspecified atom stereocenters. The first-order valence-electron chi connectivity index (χ1n) is 6.13. The number of nitrogens with zero attached hydrogens (tertiary/aromatic N) is 2. The number of fused-ring (bicyclic) bond motifs is 1. The average molecular weight is 256 g/mol. The third-order valence-electron chi connectivity index (χ3n) is 3.31. The minimum Gasteiger partial charge on any atom is -0.329 e. The van der Waals surface area contributed by atoms with Crippen LogP contribution >= 0.6 is 0 Å². The van der Waals surface area contributed by atoms with Crippen molar-refractivity contribution in [3.05, 3.63) is 64.7 Å². The lowest BCUT2D eigenvalue weighted by Gasteiger charge is -2.15. The molecule has 3 rings (SSSR count). The number of aromatic nitrogens is 1. The van der Waals surface area contributed by atoms with Gasteiger partial charge in [-0.05, 0) is 29.7 Å². The number of rotatable bonds is 1. The highest BCUT2D eigenvalue weighted by Gasteiger charge is 2.26. The van der Waals surface area contributed by atoms with Crippen LogP contribution in [0.2, 0.25) is 0 Å². The van der Waals surface area contributed by atoms with Crippen LogP contribution in [0.15, 0.2) is 36.5 Å². The van der Waals surface area contributed by atoms with Gasteiger partial charge in [-0.15, -0.1) is 0 Å². The molecule has 3 nitrogen and oxygen atoms in total. The lowest BCUT2D eigenvalue weighted by molar-refractivity contribution is 0.0740. The van der Waals surface area contributed by atoms with Gasteiger partial charge in [-0.25, -0.2) is 9.37 Å². The van der Waals surface area contributed by atoms with Gasteiger partial charge in [0.2, 0.25) is 0 Å². The molecule has 0 bridgehead atoms. The zero-order valence-electron chi connectivity index (χ0n) is 10.6. The van der Waals surface area contributed by atoms with Crippen molar-refractivity contribution in [2.75, 3.05) is 0 Å². The first-order chi connectivity index (χ1) is 9.15. The van der Waals surface area contributed by atoms with E-state index in [-0.39, 0.29) is 11.6 Å². The zero-order chi connectivity index (χ0) is 13.4. The first kappa shape index (κ1) is 11.8. The van der Waals surface area contributed by atoms with Crippen LogP contribution in [0.1, 0.15) is 27.2 Å². The second kappa shape index (κ2) is 4.46. The third-order valence-corrected chi connectivity index (χ3v) is 3.31. The van der Waals surface area contributed by atoms with E-state index in [0.29, 0.717) is 18.7 Å². The maximum absolute atomic E-state index is 13.8. The molecule has 19 heavy (non-hydrogen) atoms. The van der Waals surface area contributed by atoms with Crippen LogP contribution in [0.4, 0.5) is 4.39 Å². The van der Waals surface area contributed by atoms with Crippen molar-refractivity contribution < 1.29 is 9.18 Å². The maximum Gasteiger partial charge on any atom is 0.276 e. The first-order valence-corrected chi connectivity index (χ1v) is 6.13. The Balaban J connectivity index is 1.87. The quantitative estimate of drug-likeness (QED) is 0.786. The smallest absolute Gasteiger partial charge is 0.276 e. The third kappa shape index (κ3) is 2.10. The van der Waals surface area contributed by atoms with Gasteiger partial charge in [0, 0.05) is 19.3 Å². The summed E-state index contributed by atoms with van der Waals surface area (Å²) in [5.74, 6) is -0.908. The number of hydrogen-bond acceptors (Lipinski definition) is 2. The van der Waals surface area contributed by atoms with Crippen molar-refractivity contribution in [2.24, 2.45) is 0 Å². The molecule has 1 aliphatic rings. The molecule has 0 saturated heterocycles. The van der Waals surface area contributed by atoms with Gasteiger partial charge in [0.1, 0.15) is 0 Å². The van der Waals surface area contributed by atoms with Crippen LogP contribution in [-0.4, -0.2) is 15.8 Å².